The third-order valence-electron chi connectivity index (χ3n) is 12.9. The fraction of sp³-hybridized carbons (Fsp3) is 0.340. The predicted octanol–water partition coefficient (Wildman–Crippen LogP) is 6.31. The summed E-state index contributed by atoms with van der Waals surface area (Å²) in [6.45, 7) is 1.41. The first-order valence-electron chi connectivity index (χ1n) is 22.3. The molecule has 3 fully saturated rings. The highest BCUT2D eigenvalue weighted by atomic mass is 32.2. The minimum atomic E-state index is -4.61. The van der Waals surface area contributed by atoms with Crippen LogP contribution in [0.5, 0.6) is 17.2 Å². The van der Waals surface area contributed by atoms with Gasteiger partial charge in [-0.25, -0.2) is 27.3 Å². The largest absolute Gasteiger partial charge is 0.497 e. The average Bonchev–Trinajstić information content (AvgIpc) is 3.56. The van der Waals surface area contributed by atoms with Gasteiger partial charge in [0.2, 0.25) is 11.8 Å². The number of carbonyl (C=O) groups is 4. The number of alkyl carbamates (subject to hydrolysis) is 1. The summed E-state index contributed by atoms with van der Waals surface area (Å²) >= 11 is 0. The second kappa shape index (κ2) is 18.7. The molecule has 67 heavy (non-hydrogen) atoms. The molecule has 3 N–H and O–H groups in total. The molecule has 0 radical (unpaired) electrons. The number of fused-ring (bicyclic) bond motifs is 5. The molecule has 2 aliphatic heterocycles. The maximum Gasteiger partial charge on any atom is 0.408 e. The molecule has 3 heterocycles. The number of halogens is 1. The number of nitrogens with one attached hydrogen (secondary N) is 3. The van der Waals surface area contributed by atoms with Crippen LogP contribution in [0.4, 0.5) is 9.18 Å². The fourth-order valence-corrected chi connectivity index (χ4v) is 10.2. The van der Waals surface area contributed by atoms with Crippen LogP contribution in [-0.2, 0) is 35.6 Å². The second-order valence-corrected chi connectivity index (χ2v) is 19.1. The van der Waals surface area contributed by atoms with E-state index in [9.17, 15) is 27.2 Å². The number of methoxy groups -OCH3 is 1. The lowest BCUT2D eigenvalue weighted by Gasteiger charge is -2.30. The van der Waals surface area contributed by atoms with E-state index in [0.29, 0.717) is 52.3 Å². The molecule has 15 nitrogen and oxygen atoms in total. The SMILES string of the molecule is COc1ccc2c(O[C@@H]3C[C@H]4C(=O)N[C@@]5(C(=O)NS(=O)(=O)c6ccc(C)c(F)c6)CC5/C=C\COc5cccc(c5)C[C@@H](NC(=O)OC5CCCC5)C(=O)N4C3)cc(-c3ccccc3)nc2c1. The van der Waals surface area contributed by atoms with E-state index in [4.69, 9.17) is 23.9 Å². The molecule has 348 valence electrons. The Bertz CT molecular complexity index is 2880. The zero-order valence-corrected chi connectivity index (χ0v) is 37.7. The highest BCUT2D eigenvalue weighted by Gasteiger charge is 2.62. The number of rotatable bonds is 9. The van der Waals surface area contributed by atoms with Crippen LogP contribution >= 0.6 is 0 Å². The van der Waals surface area contributed by atoms with Gasteiger partial charge in [0.25, 0.3) is 15.9 Å². The number of hydrogen-bond donors (Lipinski definition) is 3. The topological polar surface area (TPSA) is 192 Å². The molecule has 2 aliphatic carbocycles. The molecular weight excluding hydrogens is 882 g/mol. The molecule has 2 saturated carbocycles. The molecule has 17 heteroatoms. The molecule has 9 rings (SSSR count). The average molecular weight is 932 g/mol. The number of nitrogens with zero attached hydrogens (tertiary/aromatic N) is 2. The number of aromatic nitrogens is 1. The first kappa shape index (κ1) is 45.2. The maximum atomic E-state index is 15.1. The summed E-state index contributed by atoms with van der Waals surface area (Å²) in [5.41, 5.74) is 1.09. The van der Waals surface area contributed by atoms with Crippen molar-refractivity contribution in [2.24, 2.45) is 5.92 Å². The lowest BCUT2D eigenvalue weighted by molar-refractivity contribution is -0.141. The van der Waals surface area contributed by atoms with Gasteiger partial charge in [-0.1, -0.05) is 60.7 Å². The van der Waals surface area contributed by atoms with Gasteiger partial charge in [0, 0.05) is 41.8 Å². The molecule has 5 aromatic rings. The van der Waals surface area contributed by atoms with Crippen LogP contribution in [0.1, 0.15) is 49.7 Å². The van der Waals surface area contributed by atoms with Gasteiger partial charge in [-0.2, -0.15) is 0 Å². The second-order valence-electron chi connectivity index (χ2n) is 17.5. The Kier molecular flexibility index (Phi) is 12.6. The van der Waals surface area contributed by atoms with E-state index in [-0.39, 0.29) is 44.1 Å². The first-order valence-corrected chi connectivity index (χ1v) is 23.8. The lowest BCUT2D eigenvalue weighted by Crippen LogP contribution is -2.58. The first-order chi connectivity index (χ1) is 32.3. The monoisotopic (exact) mass is 931 g/mol. The minimum absolute atomic E-state index is 0.000844. The third-order valence-corrected chi connectivity index (χ3v) is 14.2. The van der Waals surface area contributed by atoms with E-state index < -0.39 is 74.2 Å². The van der Waals surface area contributed by atoms with Crippen LogP contribution in [0, 0.1) is 18.7 Å². The van der Waals surface area contributed by atoms with Crippen LogP contribution in [0.25, 0.3) is 22.2 Å². The lowest BCUT2D eigenvalue weighted by atomic mass is 10.0. The Morgan fingerprint density at radius 1 is 0.955 bits per heavy atom. The summed E-state index contributed by atoms with van der Waals surface area (Å²) in [5, 5.41) is 6.28. The van der Waals surface area contributed by atoms with E-state index >= 15 is 4.79 Å². The normalized spacial score (nSPS) is 23.5. The van der Waals surface area contributed by atoms with Gasteiger partial charge in [-0.3, -0.25) is 14.4 Å². The van der Waals surface area contributed by atoms with Crippen molar-refractivity contribution >= 4 is 44.7 Å². The number of pyridine rings is 1. The molecule has 1 unspecified atom stereocenters. The summed E-state index contributed by atoms with van der Waals surface area (Å²) in [5.74, 6) is -2.41. The van der Waals surface area contributed by atoms with Gasteiger partial charge in [-0.05, 0) is 86.6 Å². The van der Waals surface area contributed by atoms with E-state index in [0.717, 1.165) is 24.5 Å². The zero-order valence-electron chi connectivity index (χ0n) is 36.9. The Labute approximate surface area is 387 Å². The van der Waals surface area contributed by atoms with Crippen LogP contribution in [0.2, 0.25) is 0 Å². The van der Waals surface area contributed by atoms with Crippen LogP contribution in [0.3, 0.4) is 0 Å². The number of ether oxygens (including phenoxy) is 4. The van der Waals surface area contributed by atoms with Gasteiger partial charge in [0.05, 0.1) is 29.8 Å². The Hall–Kier alpha value is -7.01. The van der Waals surface area contributed by atoms with Crippen molar-refractivity contribution in [2.75, 3.05) is 20.3 Å². The summed E-state index contributed by atoms with van der Waals surface area (Å²) in [4.78, 5) is 63.6. The molecule has 5 atom stereocenters. The van der Waals surface area contributed by atoms with Crippen LogP contribution < -0.4 is 29.6 Å². The standard InChI is InChI=1S/C50H50FN5O10S/c1-30-17-19-38(26-40(30)51)67(61,62)55-48(59)50-28-33(50)13-9-21-64-36-16-8-10-31(22-36)23-43(53-49(60)66-34-14-6-7-15-34)47(58)56-29-37(25-44(56)46(57)54-50)65-45-27-41(32-11-4-3-5-12-32)52-42-24-35(63-2)18-20-39(42)45/h3-5,8-13,16-20,22,24,26-27,33-34,37,43-44H,6-7,14-15,21,23,25,28-29H2,1-2H3,(H,53,60)(H,54,57)(H,55,59)/b13-9-/t33?,37-,43-,44+,50+/m1/s1. The van der Waals surface area contributed by atoms with Crippen molar-refractivity contribution in [1.29, 1.82) is 0 Å². The molecule has 0 spiro atoms. The van der Waals surface area contributed by atoms with Gasteiger partial charge < -0.3 is 34.5 Å². The Balaban J connectivity index is 1.08. The van der Waals surface area contributed by atoms with Gasteiger partial charge in [0.1, 0.15) is 59.5 Å². The van der Waals surface area contributed by atoms with Crippen molar-refractivity contribution in [3.63, 3.8) is 0 Å². The van der Waals surface area contributed by atoms with Gasteiger partial charge in [-0.15, -0.1) is 0 Å². The number of benzene rings is 4. The highest BCUT2D eigenvalue weighted by Crippen LogP contribution is 2.46. The maximum absolute atomic E-state index is 15.1. The van der Waals surface area contributed by atoms with E-state index in [1.54, 1.807) is 61.7 Å². The summed E-state index contributed by atoms with van der Waals surface area (Å²) in [6, 6.07) is 24.5. The number of sulfonamides is 1. The summed E-state index contributed by atoms with van der Waals surface area (Å²) < 4.78 is 67.8. The van der Waals surface area contributed by atoms with Crippen LogP contribution in [0.15, 0.2) is 114 Å². The van der Waals surface area contributed by atoms with Crippen molar-refractivity contribution in [2.45, 2.75) is 86.6 Å². The molecule has 4 amide bonds. The van der Waals surface area contributed by atoms with Gasteiger partial charge >= 0.3 is 6.09 Å². The summed E-state index contributed by atoms with van der Waals surface area (Å²) in [6.07, 6.45) is 4.65. The number of carbonyl (C=O) groups excluding carboxylic acids is 4. The highest BCUT2D eigenvalue weighted by molar-refractivity contribution is 7.90. The minimum Gasteiger partial charge on any atom is -0.497 e. The van der Waals surface area contributed by atoms with Gasteiger partial charge in [0.15, 0.2) is 0 Å². The molecule has 2 bridgehead atoms. The zero-order chi connectivity index (χ0) is 46.9. The van der Waals surface area contributed by atoms with Crippen molar-refractivity contribution in [1.82, 2.24) is 25.2 Å². The summed E-state index contributed by atoms with van der Waals surface area (Å²) in [7, 11) is -3.05. The quantitative estimate of drug-likeness (QED) is 0.140. The molecule has 4 aliphatic rings. The number of hydrogen-bond acceptors (Lipinski definition) is 11. The third kappa shape index (κ3) is 9.78. The number of amides is 4. The number of aryl methyl sites for hydroxylation is 1. The molecular formula is C50H50FN5O10S. The van der Waals surface area contributed by atoms with E-state index in [2.05, 4.69) is 15.4 Å². The molecule has 1 aromatic heterocycles. The van der Waals surface area contributed by atoms with E-state index in [1.807, 2.05) is 36.4 Å². The predicted molar refractivity (Wildman–Crippen MR) is 244 cm³/mol. The van der Waals surface area contributed by atoms with Crippen LogP contribution in [-0.4, -0.2) is 92.2 Å². The Morgan fingerprint density at radius 3 is 2.54 bits per heavy atom. The fourth-order valence-electron chi connectivity index (χ4n) is 9.11. The smallest absolute Gasteiger partial charge is 0.408 e. The molecule has 1 saturated heterocycles. The van der Waals surface area contributed by atoms with E-state index in [1.165, 1.54) is 24.0 Å². The molecule has 4 aromatic carbocycles. The van der Waals surface area contributed by atoms with Crippen molar-refractivity contribution < 1.29 is 50.9 Å². The van der Waals surface area contributed by atoms with Crippen molar-refractivity contribution in [3.05, 3.63) is 126 Å². The van der Waals surface area contributed by atoms with Crippen molar-refractivity contribution in [3.8, 4) is 28.5 Å². The Morgan fingerprint density at radius 2 is 1.76 bits per heavy atom.